The van der Waals surface area contributed by atoms with E-state index >= 15 is 0 Å². The number of thioether (sulfide) groups is 1. The van der Waals surface area contributed by atoms with Crippen molar-refractivity contribution >= 4 is 23.6 Å². The first-order valence-corrected chi connectivity index (χ1v) is 8.63. The first-order valence-electron chi connectivity index (χ1n) is 7.64. The standard InChI is InChI=1S/C16H27N3OS/c1-6-12(3)13-8-10-17-15(18-13)19-14(20)9-11-21-16(4,5)7-2/h8,10,12H,6-7,9,11H2,1-5H3,(H,17,18,19,20). The van der Waals surface area contributed by atoms with Gasteiger partial charge in [-0.25, -0.2) is 9.97 Å². The van der Waals surface area contributed by atoms with Gasteiger partial charge in [0.15, 0.2) is 0 Å². The maximum atomic E-state index is 11.9. The molecule has 0 spiro atoms. The average molecular weight is 309 g/mol. The molecule has 0 aliphatic carbocycles. The molecule has 0 aliphatic heterocycles. The Morgan fingerprint density at radius 3 is 2.76 bits per heavy atom. The smallest absolute Gasteiger partial charge is 0.229 e. The van der Waals surface area contributed by atoms with E-state index in [2.05, 4.69) is 49.9 Å². The predicted molar refractivity (Wildman–Crippen MR) is 90.8 cm³/mol. The summed E-state index contributed by atoms with van der Waals surface area (Å²) in [5.74, 6) is 1.59. The van der Waals surface area contributed by atoms with Gasteiger partial charge in [0.05, 0.1) is 0 Å². The van der Waals surface area contributed by atoms with Gasteiger partial charge in [0.1, 0.15) is 0 Å². The number of anilines is 1. The Labute approximate surface area is 132 Å². The highest BCUT2D eigenvalue weighted by Gasteiger charge is 2.16. The Morgan fingerprint density at radius 1 is 1.43 bits per heavy atom. The first-order chi connectivity index (χ1) is 9.88. The lowest BCUT2D eigenvalue weighted by atomic mass is 10.1. The second-order valence-corrected chi connectivity index (χ2v) is 7.68. The fourth-order valence-electron chi connectivity index (χ4n) is 1.63. The van der Waals surface area contributed by atoms with E-state index in [-0.39, 0.29) is 10.7 Å². The number of hydrogen-bond donors (Lipinski definition) is 1. The zero-order chi connectivity index (χ0) is 15.9. The van der Waals surface area contributed by atoms with Crippen LogP contribution < -0.4 is 5.32 Å². The molecule has 1 amide bonds. The first kappa shape index (κ1) is 18.0. The summed E-state index contributed by atoms with van der Waals surface area (Å²) < 4.78 is 0.229. The third-order valence-electron chi connectivity index (χ3n) is 3.72. The normalized spacial score (nSPS) is 13.0. The molecule has 21 heavy (non-hydrogen) atoms. The zero-order valence-corrected chi connectivity index (χ0v) is 14.6. The zero-order valence-electron chi connectivity index (χ0n) is 13.8. The Balaban J connectivity index is 2.48. The summed E-state index contributed by atoms with van der Waals surface area (Å²) in [5.41, 5.74) is 0.976. The van der Waals surface area contributed by atoms with Crippen molar-refractivity contribution in [1.29, 1.82) is 0 Å². The van der Waals surface area contributed by atoms with Gasteiger partial charge in [-0.2, -0.15) is 11.8 Å². The van der Waals surface area contributed by atoms with E-state index in [9.17, 15) is 4.79 Å². The second-order valence-electron chi connectivity index (χ2n) is 5.87. The molecule has 0 aromatic carbocycles. The quantitative estimate of drug-likeness (QED) is 0.780. The summed E-state index contributed by atoms with van der Waals surface area (Å²) in [7, 11) is 0. The fourth-order valence-corrected chi connectivity index (χ4v) is 2.67. The van der Waals surface area contributed by atoms with Gasteiger partial charge < -0.3 is 0 Å². The molecule has 4 nitrogen and oxygen atoms in total. The molecular weight excluding hydrogens is 282 g/mol. The molecule has 0 fully saturated rings. The van der Waals surface area contributed by atoms with Crippen LogP contribution in [0.3, 0.4) is 0 Å². The van der Waals surface area contributed by atoms with Gasteiger partial charge in [-0.3, -0.25) is 10.1 Å². The number of amides is 1. The van der Waals surface area contributed by atoms with Gasteiger partial charge in [0, 0.05) is 28.8 Å². The van der Waals surface area contributed by atoms with Crippen molar-refractivity contribution < 1.29 is 4.79 Å². The van der Waals surface area contributed by atoms with Crippen LogP contribution in [0.25, 0.3) is 0 Å². The molecule has 1 aromatic rings. The third kappa shape index (κ3) is 6.46. The van der Waals surface area contributed by atoms with Crippen molar-refractivity contribution in [3.8, 4) is 0 Å². The average Bonchev–Trinajstić information content (AvgIpc) is 2.46. The van der Waals surface area contributed by atoms with E-state index in [1.54, 1.807) is 6.20 Å². The molecule has 0 saturated heterocycles. The van der Waals surface area contributed by atoms with Crippen LogP contribution in [0, 0.1) is 0 Å². The largest absolute Gasteiger partial charge is 0.294 e. The van der Waals surface area contributed by atoms with Crippen LogP contribution in [0.5, 0.6) is 0 Å². The van der Waals surface area contributed by atoms with Crippen LogP contribution in [-0.4, -0.2) is 26.4 Å². The van der Waals surface area contributed by atoms with E-state index in [1.165, 1.54) is 0 Å². The lowest BCUT2D eigenvalue weighted by molar-refractivity contribution is -0.115. The van der Waals surface area contributed by atoms with E-state index in [0.717, 1.165) is 24.3 Å². The second kappa shape index (κ2) is 8.37. The third-order valence-corrected chi connectivity index (χ3v) is 5.20. The molecule has 118 valence electrons. The van der Waals surface area contributed by atoms with Gasteiger partial charge in [-0.05, 0) is 24.8 Å². The summed E-state index contributed by atoms with van der Waals surface area (Å²) in [6.07, 6.45) is 4.32. The van der Waals surface area contributed by atoms with E-state index < -0.39 is 0 Å². The lowest BCUT2D eigenvalue weighted by Crippen LogP contribution is -2.18. The number of nitrogens with zero attached hydrogens (tertiary/aromatic N) is 2. The highest BCUT2D eigenvalue weighted by atomic mass is 32.2. The summed E-state index contributed by atoms with van der Waals surface area (Å²) in [6, 6.07) is 1.91. The van der Waals surface area contributed by atoms with Crippen LogP contribution in [0.4, 0.5) is 5.95 Å². The van der Waals surface area contributed by atoms with E-state index in [4.69, 9.17) is 0 Å². The van der Waals surface area contributed by atoms with Crippen LogP contribution >= 0.6 is 11.8 Å². The molecule has 1 atom stereocenters. The maximum absolute atomic E-state index is 11.9. The molecule has 1 aromatic heterocycles. The van der Waals surface area contributed by atoms with Gasteiger partial charge in [-0.1, -0.05) is 34.6 Å². The Hall–Kier alpha value is -1.10. The van der Waals surface area contributed by atoms with Crippen molar-refractivity contribution in [2.75, 3.05) is 11.1 Å². The molecule has 0 bridgehead atoms. The van der Waals surface area contributed by atoms with Crippen molar-refractivity contribution in [2.24, 2.45) is 0 Å². The number of rotatable bonds is 8. The van der Waals surface area contributed by atoms with Crippen molar-refractivity contribution in [2.45, 2.75) is 64.5 Å². The lowest BCUT2D eigenvalue weighted by Gasteiger charge is -2.21. The summed E-state index contributed by atoms with van der Waals surface area (Å²) in [6.45, 7) is 10.8. The maximum Gasteiger partial charge on any atom is 0.229 e. The number of nitrogens with one attached hydrogen (secondary N) is 1. The molecule has 1 heterocycles. The van der Waals surface area contributed by atoms with Crippen molar-refractivity contribution in [3.63, 3.8) is 0 Å². The fraction of sp³-hybridized carbons (Fsp3) is 0.688. The minimum atomic E-state index is -0.0179. The molecule has 1 N–H and O–H groups in total. The molecule has 0 radical (unpaired) electrons. The van der Waals surface area contributed by atoms with E-state index in [1.807, 2.05) is 17.8 Å². The highest BCUT2D eigenvalue weighted by Crippen LogP contribution is 2.28. The summed E-state index contributed by atoms with van der Waals surface area (Å²) in [4.78, 5) is 20.5. The molecule has 5 heteroatoms. The van der Waals surface area contributed by atoms with Gasteiger partial charge in [-0.15, -0.1) is 0 Å². The SMILES string of the molecule is CCC(C)c1ccnc(NC(=O)CCSC(C)(C)CC)n1. The van der Waals surface area contributed by atoms with Gasteiger partial charge in [0.2, 0.25) is 11.9 Å². The predicted octanol–water partition coefficient (Wildman–Crippen LogP) is 4.24. The Kier molecular flexibility index (Phi) is 7.15. The monoisotopic (exact) mass is 309 g/mol. The Morgan fingerprint density at radius 2 is 2.14 bits per heavy atom. The Bertz CT molecular complexity index is 463. The molecule has 1 unspecified atom stereocenters. The molecular formula is C16H27N3OS. The molecule has 1 rings (SSSR count). The summed E-state index contributed by atoms with van der Waals surface area (Å²) in [5, 5.41) is 2.79. The topological polar surface area (TPSA) is 54.9 Å². The number of aromatic nitrogens is 2. The number of carbonyl (C=O) groups excluding carboxylic acids is 1. The summed E-state index contributed by atoms with van der Waals surface area (Å²) >= 11 is 1.83. The minimum Gasteiger partial charge on any atom is -0.294 e. The number of hydrogen-bond acceptors (Lipinski definition) is 4. The van der Waals surface area contributed by atoms with Crippen LogP contribution in [0.15, 0.2) is 12.3 Å². The van der Waals surface area contributed by atoms with Crippen LogP contribution in [-0.2, 0) is 4.79 Å². The number of carbonyl (C=O) groups is 1. The van der Waals surface area contributed by atoms with Crippen LogP contribution in [0.1, 0.15) is 65.5 Å². The van der Waals surface area contributed by atoms with Crippen molar-refractivity contribution in [1.82, 2.24) is 9.97 Å². The van der Waals surface area contributed by atoms with Gasteiger partial charge in [0.25, 0.3) is 0 Å². The van der Waals surface area contributed by atoms with Crippen LogP contribution in [0.2, 0.25) is 0 Å². The van der Waals surface area contributed by atoms with E-state index in [0.29, 0.717) is 18.3 Å². The molecule has 0 aliphatic rings. The van der Waals surface area contributed by atoms with Gasteiger partial charge >= 0.3 is 0 Å². The van der Waals surface area contributed by atoms with Crippen molar-refractivity contribution in [3.05, 3.63) is 18.0 Å². The molecule has 0 saturated carbocycles. The minimum absolute atomic E-state index is 0.0179. The highest BCUT2D eigenvalue weighted by molar-refractivity contribution is 8.00.